The Hall–Kier alpha value is -2.82. The molecule has 0 radical (unpaired) electrons. The normalized spacial score (nSPS) is 17.8. The molecule has 2 aromatic rings. The molecule has 148 valence electrons. The number of rotatable bonds is 7. The SMILES string of the molecule is CCC(C(=O)NCc1ccc(N2CCCC(C(N)=O)C2)cc1)c1ccccc1. The van der Waals surface area contributed by atoms with Crippen LogP contribution in [0.4, 0.5) is 5.69 Å². The van der Waals surface area contributed by atoms with Gasteiger partial charge in [-0.2, -0.15) is 0 Å². The summed E-state index contributed by atoms with van der Waals surface area (Å²) < 4.78 is 0. The minimum absolute atomic E-state index is 0.0538. The van der Waals surface area contributed by atoms with Crippen molar-refractivity contribution < 1.29 is 9.59 Å². The molecule has 0 spiro atoms. The van der Waals surface area contributed by atoms with E-state index in [0.717, 1.165) is 42.6 Å². The van der Waals surface area contributed by atoms with Gasteiger partial charge in [-0.1, -0.05) is 49.4 Å². The minimum atomic E-state index is -0.215. The van der Waals surface area contributed by atoms with Gasteiger partial charge in [0.15, 0.2) is 0 Å². The Bertz CT molecular complexity index is 789. The van der Waals surface area contributed by atoms with Crippen molar-refractivity contribution in [3.63, 3.8) is 0 Å². The molecule has 3 rings (SSSR count). The third-order valence-electron chi connectivity index (χ3n) is 5.52. The van der Waals surface area contributed by atoms with Crippen molar-refractivity contribution in [1.29, 1.82) is 0 Å². The van der Waals surface area contributed by atoms with Crippen molar-refractivity contribution in [1.82, 2.24) is 5.32 Å². The van der Waals surface area contributed by atoms with Crippen LogP contribution in [0, 0.1) is 5.92 Å². The zero-order valence-corrected chi connectivity index (χ0v) is 16.4. The average Bonchev–Trinajstić information content (AvgIpc) is 2.74. The lowest BCUT2D eigenvalue weighted by Gasteiger charge is -2.33. The Kier molecular flexibility index (Phi) is 6.69. The van der Waals surface area contributed by atoms with E-state index >= 15 is 0 Å². The van der Waals surface area contributed by atoms with Crippen molar-refractivity contribution in [2.75, 3.05) is 18.0 Å². The molecule has 28 heavy (non-hydrogen) atoms. The summed E-state index contributed by atoms with van der Waals surface area (Å²) in [6, 6.07) is 18.1. The van der Waals surface area contributed by atoms with Crippen LogP contribution in [-0.4, -0.2) is 24.9 Å². The second-order valence-corrected chi connectivity index (χ2v) is 7.44. The number of hydrogen-bond acceptors (Lipinski definition) is 3. The molecule has 0 aliphatic carbocycles. The van der Waals surface area contributed by atoms with Crippen LogP contribution in [0.25, 0.3) is 0 Å². The van der Waals surface area contributed by atoms with Crippen molar-refractivity contribution in [3.8, 4) is 0 Å². The first kappa shape index (κ1) is 19.9. The van der Waals surface area contributed by atoms with E-state index in [1.165, 1.54) is 0 Å². The fraction of sp³-hybridized carbons (Fsp3) is 0.391. The van der Waals surface area contributed by atoms with Crippen molar-refractivity contribution >= 4 is 17.5 Å². The molecule has 0 aromatic heterocycles. The molecule has 3 N–H and O–H groups in total. The summed E-state index contributed by atoms with van der Waals surface area (Å²) in [6.07, 6.45) is 2.62. The topological polar surface area (TPSA) is 75.4 Å². The molecule has 1 saturated heterocycles. The number of hydrogen-bond donors (Lipinski definition) is 2. The van der Waals surface area contributed by atoms with Gasteiger partial charge in [0.1, 0.15) is 0 Å². The maximum atomic E-state index is 12.6. The van der Waals surface area contributed by atoms with Gasteiger partial charge in [0.05, 0.1) is 11.8 Å². The summed E-state index contributed by atoms with van der Waals surface area (Å²) in [4.78, 5) is 26.3. The zero-order chi connectivity index (χ0) is 19.9. The summed E-state index contributed by atoms with van der Waals surface area (Å²) in [6.45, 7) is 4.16. The summed E-state index contributed by atoms with van der Waals surface area (Å²) >= 11 is 0. The van der Waals surface area contributed by atoms with Gasteiger partial charge in [-0.25, -0.2) is 0 Å². The van der Waals surface area contributed by atoms with Crippen LogP contribution in [0.2, 0.25) is 0 Å². The summed E-state index contributed by atoms with van der Waals surface area (Å²) in [5.74, 6) is -0.359. The van der Waals surface area contributed by atoms with Crippen molar-refractivity contribution in [2.24, 2.45) is 11.7 Å². The van der Waals surface area contributed by atoms with E-state index in [4.69, 9.17) is 5.73 Å². The lowest BCUT2D eigenvalue weighted by Crippen LogP contribution is -2.41. The van der Waals surface area contributed by atoms with Crippen LogP contribution in [0.1, 0.15) is 43.2 Å². The van der Waals surface area contributed by atoms with Gasteiger partial charge in [-0.05, 0) is 42.5 Å². The third kappa shape index (κ3) is 4.91. The number of anilines is 1. The predicted octanol–water partition coefficient (Wildman–Crippen LogP) is 3.20. The van der Waals surface area contributed by atoms with Crippen LogP contribution in [0.3, 0.4) is 0 Å². The molecular formula is C23H29N3O2. The van der Waals surface area contributed by atoms with Gasteiger partial charge >= 0.3 is 0 Å². The number of carbonyl (C=O) groups is 2. The Balaban J connectivity index is 1.57. The molecule has 0 saturated carbocycles. The van der Waals surface area contributed by atoms with Crippen molar-refractivity contribution in [2.45, 2.75) is 38.6 Å². The number of amides is 2. The fourth-order valence-electron chi connectivity index (χ4n) is 3.84. The molecule has 1 aliphatic rings. The first-order valence-electron chi connectivity index (χ1n) is 10.0. The molecule has 1 aliphatic heterocycles. The van der Waals surface area contributed by atoms with Gasteiger partial charge in [-0.3, -0.25) is 9.59 Å². The Labute approximate surface area is 166 Å². The lowest BCUT2D eigenvalue weighted by molar-refractivity contribution is -0.123. The minimum Gasteiger partial charge on any atom is -0.371 e. The van der Waals surface area contributed by atoms with E-state index in [1.807, 2.05) is 49.4 Å². The number of piperidine rings is 1. The first-order chi connectivity index (χ1) is 13.6. The van der Waals surface area contributed by atoms with Gasteiger partial charge in [0.25, 0.3) is 0 Å². The molecule has 1 fully saturated rings. The molecule has 2 atom stereocenters. The van der Waals surface area contributed by atoms with E-state index in [0.29, 0.717) is 13.1 Å². The number of nitrogens with two attached hydrogens (primary N) is 1. The highest BCUT2D eigenvalue weighted by Crippen LogP contribution is 2.24. The second kappa shape index (κ2) is 9.40. The van der Waals surface area contributed by atoms with Gasteiger partial charge in [0, 0.05) is 25.3 Å². The standard InChI is InChI=1S/C23H29N3O2/c1-2-21(18-7-4-3-5-8-18)23(28)25-15-17-10-12-20(13-11-17)26-14-6-9-19(16-26)22(24)27/h3-5,7-8,10-13,19,21H,2,6,9,14-16H2,1H3,(H2,24,27)(H,25,28). The molecule has 1 heterocycles. The molecule has 2 aromatic carbocycles. The Morgan fingerprint density at radius 1 is 1.14 bits per heavy atom. The number of primary amides is 1. The van der Waals surface area contributed by atoms with Gasteiger partial charge in [-0.15, -0.1) is 0 Å². The highest BCUT2D eigenvalue weighted by Gasteiger charge is 2.24. The zero-order valence-electron chi connectivity index (χ0n) is 16.4. The predicted molar refractivity (Wildman–Crippen MR) is 112 cm³/mol. The maximum absolute atomic E-state index is 12.6. The largest absolute Gasteiger partial charge is 0.371 e. The summed E-state index contributed by atoms with van der Waals surface area (Å²) in [7, 11) is 0. The monoisotopic (exact) mass is 379 g/mol. The van der Waals surface area contributed by atoms with Gasteiger partial charge < -0.3 is 16.0 Å². The third-order valence-corrected chi connectivity index (χ3v) is 5.52. The quantitative estimate of drug-likeness (QED) is 0.776. The summed E-state index contributed by atoms with van der Waals surface area (Å²) in [5.41, 5.74) is 8.67. The number of nitrogens with one attached hydrogen (secondary N) is 1. The Morgan fingerprint density at radius 2 is 1.86 bits per heavy atom. The van der Waals surface area contributed by atoms with Crippen LogP contribution in [-0.2, 0) is 16.1 Å². The fourth-order valence-corrected chi connectivity index (χ4v) is 3.84. The van der Waals surface area contributed by atoms with E-state index in [1.54, 1.807) is 0 Å². The number of nitrogens with zero attached hydrogens (tertiary/aromatic N) is 1. The average molecular weight is 380 g/mol. The highest BCUT2D eigenvalue weighted by molar-refractivity contribution is 5.83. The van der Waals surface area contributed by atoms with E-state index < -0.39 is 0 Å². The molecule has 5 heteroatoms. The van der Waals surface area contributed by atoms with E-state index in [-0.39, 0.29) is 23.7 Å². The summed E-state index contributed by atoms with van der Waals surface area (Å²) in [5, 5.41) is 3.06. The molecule has 5 nitrogen and oxygen atoms in total. The number of carbonyl (C=O) groups excluding carboxylic acids is 2. The highest BCUT2D eigenvalue weighted by atomic mass is 16.2. The van der Waals surface area contributed by atoms with E-state index in [9.17, 15) is 9.59 Å². The smallest absolute Gasteiger partial charge is 0.227 e. The van der Waals surface area contributed by atoms with Gasteiger partial charge in [0.2, 0.25) is 11.8 Å². The lowest BCUT2D eigenvalue weighted by atomic mass is 9.95. The van der Waals surface area contributed by atoms with Crippen molar-refractivity contribution in [3.05, 3.63) is 65.7 Å². The van der Waals surface area contributed by atoms with Crippen LogP contribution in [0.15, 0.2) is 54.6 Å². The van der Waals surface area contributed by atoms with Crippen LogP contribution >= 0.6 is 0 Å². The molecular weight excluding hydrogens is 350 g/mol. The molecule has 0 bridgehead atoms. The Morgan fingerprint density at radius 3 is 2.50 bits per heavy atom. The number of benzene rings is 2. The first-order valence-corrected chi connectivity index (χ1v) is 10.0. The maximum Gasteiger partial charge on any atom is 0.227 e. The van der Waals surface area contributed by atoms with Crippen LogP contribution < -0.4 is 16.0 Å². The van der Waals surface area contributed by atoms with Crippen LogP contribution in [0.5, 0.6) is 0 Å². The second-order valence-electron chi connectivity index (χ2n) is 7.44. The van der Waals surface area contributed by atoms with E-state index in [2.05, 4.69) is 22.3 Å². The molecule has 2 amide bonds. The molecule has 2 unspecified atom stereocenters.